The molecule has 1 N–H and O–H groups in total. The second kappa shape index (κ2) is 6.96. The number of thiocarbonyl (C=S) groups is 1. The third kappa shape index (κ3) is 3.19. The van der Waals surface area contributed by atoms with Crippen LogP contribution in [0.25, 0.3) is 6.08 Å². The van der Waals surface area contributed by atoms with E-state index in [4.69, 9.17) is 17.0 Å². The molecule has 4 nitrogen and oxygen atoms in total. The molecule has 2 aromatic carbocycles. The van der Waals surface area contributed by atoms with Gasteiger partial charge in [-0.25, -0.2) is 0 Å². The molecule has 1 saturated heterocycles. The molecule has 3 rings (SSSR count). The molecule has 0 radical (unpaired) electrons. The van der Waals surface area contributed by atoms with Gasteiger partial charge in [-0.3, -0.25) is 9.69 Å². The number of methoxy groups -OCH3 is 1. The predicted octanol–water partition coefficient (Wildman–Crippen LogP) is 4.57. The lowest BCUT2D eigenvalue weighted by molar-refractivity contribution is -0.113. The molecule has 0 spiro atoms. The number of ether oxygens (including phenoxy) is 1. The Balaban J connectivity index is 1.96. The number of hydrogen-bond donors (Lipinski definition) is 1. The number of phenols is 1. The van der Waals surface area contributed by atoms with Crippen molar-refractivity contribution in [2.45, 2.75) is 0 Å². The highest BCUT2D eigenvalue weighted by Crippen LogP contribution is 2.39. The topological polar surface area (TPSA) is 49.8 Å². The third-order valence-electron chi connectivity index (χ3n) is 3.39. The Bertz CT molecular complexity index is 867. The fourth-order valence-corrected chi connectivity index (χ4v) is 3.99. The number of phenolic OH excluding ortho intramolecular Hbond substituents is 1. The molecule has 0 bridgehead atoms. The lowest BCUT2D eigenvalue weighted by atomic mass is 10.2. The van der Waals surface area contributed by atoms with E-state index in [1.165, 1.54) is 29.8 Å². The van der Waals surface area contributed by atoms with Crippen molar-refractivity contribution in [2.75, 3.05) is 12.0 Å². The smallest absolute Gasteiger partial charge is 0.270 e. The number of para-hydroxylation sites is 1. The first kappa shape index (κ1) is 17.0. The molecular formula is C17H12BrNO3S2. The molecule has 1 amide bonds. The first-order valence-electron chi connectivity index (χ1n) is 6.91. The van der Waals surface area contributed by atoms with E-state index in [9.17, 15) is 9.90 Å². The Kier molecular flexibility index (Phi) is 4.93. The van der Waals surface area contributed by atoms with Gasteiger partial charge in [0.2, 0.25) is 0 Å². The van der Waals surface area contributed by atoms with Gasteiger partial charge in [0.15, 0.2) is 15.8 Å². The molecule has 122 valence electrons. The van der Waals surface area contributed by atoms with Crippen molar-refractivity contribution in [3.8, 4) is 11.5 Å². The summed E-state index contributed by atoms with van der Waals surface area (Å²) in [6.07, 6.45) is 1.73. The predicted molar refractivity (Wildman–Crippen MR) is 104 cm³/mol. The molecule has 0 unspecified atom stereocenters. The summed E-state index contributed by atoms with van der Waals surface area (Å²) < 4.78 is 6.37. The van der Waals surface area contributed by atoms with Gasteiger partial charge in [-0.05, 0) is 51.8 Å². The van der Waals surface area contributed by atoms with Crippen molar-refractivity contribution in [2.24, 2.45) is 0 Å². The summed E-state index contributed by atoms with van der Waals surface area (Å²) in [5, 5.41) is 9.66. The lowest BCUT2D eigenvalue weighted by Crippen LogP contribution is -2.27. The summed E-state index contributed by atoms with van der Waals surface area (Å²) in [6, 6.07) is 12.3. The van der Waals surface area contributed by atoms with Crippen LogP contribution in [0, 0.1) is 0 Å². The average Bonchev–Trinajstić information content (AvgIpc) is 2.84. The van der Waals surface area contributed by atoms with Gasteiger partial charge in [0.05, 0.1) is 17.7 Å². The Labute approximate surface area is 157 Å². The number of amides is 1. The lowest BCUT2D eigenvalue weighted by Gasteiger charge is -2.15. The number of thioether (sulfide) groups is 1. The van der Waals surface area contributed by atoms with Crippen molar-refractivity contribution in [1.82, 2.24) is 0 Å². The number of nitrogens with zero attached hydrogens (tertiary/aromatic N) is 1. The number of halogens is 1. The standard InChI is InChI=1S/C17H12BrNO3S2/c1-22-14-8-10(6-7-13(14)20)9-15-16(21)19(17(23)24-15)12-5-3-2-4-11(12)18/h2-9,20H,1H3/b15-9-. The number of hydrogen-bond acceptors (Lipinski definition) is 5. The zero-order chi connectivity index (χ0) is 17.3. The quantitative estimate of drug-likeness (QED) is 0.580. The summed E-state index contributed by atoms with van der Waals surface area (Å²) >= 11 is 10.1. The number of aromatic hydroxyl groups is 1. The SMILES string of the molecule is COc1cc(/C=C2\SC(=S)N(c3ccccc3Br)C2=O)ccc1O. The molecule has 0 aromatic heterocycles. The largest absolute Gasteiger partial charge is 0.504 e. The van der Waals surface area contributed by atoms with E-state index in [2.05, 4.69) is 15.9 Å². The summed E-state index contributed by atoms with van der Waals surface area (Å²) in [5.41, 5.74) is 1.46. The van der Waals surface area contributed by atoms with E-state index in [1.54, 1.807) is 18.2 Å². The first-order valence-corrected chi connectivity index (χ1v) is 8.92. The fraction of sp³-hybridized carbons (Fsp3) is 0.0588. The van der Waals surface area contributed by atoms with Crippen LogP contribution in [-0.2, 0) is 4.79 Å². The van der Waals surface area contributed by atoms with Gasteiger partial charge in [0.1, 0.15) is 0 Å². The molecular weight excluding hydrogens is 410 g/mol. The van der Waals surface area contributed by atoms with Crippen LogP contribution in [0.1, 0.15) is 5.56 Å². The van der Waals surface area contributed by atoms with Crippen LogP contribution in [0.3, 0.4) is 0 Å². The van der Waals surface area contributed by atoms with Crippen molar-refractivity contribution in [3.63, 3.8) is 0 Å². The number of anilines is 1. The van der Waals surface area contributed by atoms with E-state index < -0.39 is 0 Å². The molecule has 1 aliphatic rings. The van der Waals surface area contributed by atoms with Gasteiger partial charge in [-0.1, -0.05) is 42.2 Å². The van der Waals surface area contributed by atoms with Crippen molar-refractivity contribution in [1.29, 1.82) is 0 Å². The zero-order valence-electron chi connectivity index (χ0n) is 12.5. The summed E-state index contributed by atoms with van der Waals surface area (Å²) in [6.45, 7) is 0. The Morgan fingerprint density at radius 1 is 1.29 bits per heavy atom. The molecule has 1 fully saturated rings. The van der Waals surface area contributed by atoms with Gasteiger partial charge in [0, 0.05) is 4.47 Å². The van der Waals surface area contributed by atoms with Crippen LogP contribution in [0.15, 0.2) is 51.8 Å². The highest BCUT2D eigenvalue weighted by atomic mass is 79.9. The van der Waals surface area contributed by atoms with Crippen LogP contribution in [-0.4, -0.2) is 22.4 Å². The minimum atomic E-state index is -0.177. The highest BCUT2D eigenvalue weighted by Gasteiger charge is 2.34. The third-order valence-corrected chi connectivity index (χ3v) is 5.36. The molecule has 24 heavy (non-hydrogen) atoms. The van der Waals surface area contributed by atoms with Crippen molar-refractivity contribution >= 4 is 61.9 Å². The highest BCUT2D eigenvalue weighted by molar-refractivity contribution is 9.10. The molecule has 0 atom stereocenters. The molecule has 0 aliphatic carbocycles. The Hall–Kier alpha value is -1.83. The van der Waals surface area contributed by atoms with E-state index in [-0.39, 0.29) is 11.7 Å². The Morgan fingerprint density at radius 3 is 2.75 bits per heavy atom. The van der Waals surface area contributed by atoms with Gasteiger partial charge < -0.3 is 9.84 Å². The van der Waals surface area contributed by atoms with Crippen LogP contribution < -0.4 is 9.64 Å². The van der Waals surface area contributed by atoms with E-state index >= 15 is 0 Å². The Morgan fingerprint density at radius 2 is 2.04 bits per heavy atom. The number of carbonyl (C=O) groups is 1. The molecule has 0 saturated carbocycles. The fourth-order valence-electron chi connectivity index (χ4n) is 2.24. The summed E-state index contributed by atoms with van der Waals surface area (Å²) in [5.74, 6) is 0.226. The van der Waals surface area contributed by atoms with Crippen LogP contribution in [0.2, 0.25) is 0 Å². The normalized spacial score (nSPS) is 16.1. The minimum absolute atomic E-state index is 0.0513. The number of carbonyl (C=O) groups excluding carboxylic acids is 1. The molecule has 1 aliphatic heterocycles. The van der Waals surface area contributed by atoms with Crippen molar-refractivity contribution < 1.29 is 14.6 Å². The van der Waals surface area contributed by atoms with Gasteiger partial charge >= 0.3 is 0 Å². The van der Waals surface area contributed by atoms with Crippen LogP contribution in [0.5, 0.6) is 11.5 Å². The first-order chi connectivity index (χ1) is 11.5. The van der Waals surface area contributed by atoms with Crippen LogP contribution >= 0.6 is 39.9 Å². The summed E-state index contributed by atoms with van der Waals surface area (Å²) in [4.78, 5) is 14.8. The number of benzene rings is 2. The van der Waals surface area contributed by atoms with Gasteiger partial charge in [0.25, 0.3) is 5.91 Å². The average molecular weight is 422 g/mol. The van der Waals surface area contributed by atoms with E-state index in [0.717, 1.165) is 10.0 Å². The maximum absolute atomic E-state index is 12.7. The second-order valence-corrected chi connectivity index (χ2v) is 7.43. The minimum Gasteiger partial charge on any atom is -0.504 e. The molecule has 2 aromatic rings. The van der Waals surface area contributed by atoms with E-state index in [1.807, 2.05) is 24.3 Å². The second-order valence-electron chi connectivity index (χ2n) is 4.90. The zero-order valence-corrected chi connectivity index (χ0v) is 15.7. The summed E-state index contributed by atoms with van der Waals surface area (Å²) in [7, 11) is 1.48. The van der Waals surface area contributed by atoms with Crippen molar-refractivity contribution in [3.05, 3.63) is 57.4 Å². The monoisotopic (exact) mass is 421 g/mol. The number of rotatable bonds is 3. The molecule has 1 heterocycles. The maximum Gasteiger partial charge on any atom is 0.270 e. The van der Waals surface area contributed by atoms with Gasteiger partial charge in [-0.15, -0.1) is 0 Å². The van der Waals surface area contributed by atoms with Gasteiger partial charge in [-0.2, -0.15) is 0 Å². The molecule has 7 heteroatoms. The maximum atomic E-state index is 12.7. The van der Waals surface area contributed by atoms with Crippen LogP contribution in [0.4, 0.5) is 5.69 Å². The van der Waals surface area contributed by atoms with E-state index in [0.29, 0.717) is 20.7 Å².